The summed E-state index contributed by atoms with van der Waals surface area (Å²) in [6.07, 6.45) is 0. The quantitative estimate of drug-likeness (QED) is 0.573. The van der Waals surface area contributed by atoms with Crippen molar-refractivity contribution in [1.82, 2.24) is 13.7 Å². The van der Waals surface area contributed by atoms with Gasteiger partial charge in [0.25, 0.3) is 0 Å². The number of ether oxygens (including phenoxy) is 2. The average Bonchev–Trinajstić information content (AvgIpc) is 2.59. The van der Waals surface area contributed by atoms with Gasteiger partial charge in [-0.1, -0.05) is 0 Å². The molecule has 0 amide bonds. The summed E-state index contributed by atoms with van der Waals surface area (Å²) in [6.45, 7) is 3.35. The lowest BCUT2D eigenvalue weighted by atomic mass is 10.3. The number of carbonyl (C=O) groups is 3. The van der Waals surface area contributed by atoms with Crippen LogP contribution in [0.25, 0.3) is 0 Å². The van der Waals surface area contributed by atoms with Crippen LogP contribution < -0.4 is 17.1 Å². The Balaban J connectivity index is 4.02. The Bertz CT molecular complexity index is 847. The summed E-state index contributed by atoms with van der Waals surface area (Å²) < 4.78 is 9.94. The number of hydrogen-bond donors (Lipinski definition) is 1. The van der Waals surface area contributed by atoms with E-state index in [4.69, 9.17) is 5.11 Å². The lowest BCUT2D eigenvalue weighted by molar-refractivity contribution is -0.144. The van der Waals surface area contributed by atoms with Crippen LogP contribution in [-0.4, -0.2) is 50.9 Å². The summed E-state index contributed by atoms with van der Waals surface area (Å²) in [6, 6.07) is -4.60. The number of hydrogen-bond acceptors (Lipinski definition) is 8. The minimum Gasteiger partial charge on any atom is -0.480 e. The number of nitrogens with zero attached hydrogens (tertiary/aromatic N) is 3. The Morgan fingerprint density at radius 2 is 1.00 bits per heavy atom. The summed E-state index contributed by atoms with van der Waals surface area (Å²) in [4.78, 5) is 72.5. The van der Waals surface area contributed by atoms with E-state index in [1.54, 1.807) is 0 Å². The second-order valence-electron chi connectivity index (χ2n) is 5.37. The molecular formula is C14H19N3O9. The molecule has 12 nitrogen and oxygen atoms in total. The van der Waals surface area contributed by atoms with Crippen molar-refractivity contribution < 1.29 is 29.0 Å². The van der Waals surface area contributed by atoms with Crippen LogP contribution in [0.4, 0.5) is 0 Å². The molecule has 0 fully saturated rings. The fourth-order valence-corrected chi connectivity index (χ4v) is 2.25. The van der Waals surface area contributed by atoms with Gasteiger partial charge in [0.2, 0.25) is 0 Å². The van der Waals surface area contributed by atoms with Crippen molar-refractivity contribution >= 4 is 17.9 Å². The molecule has 0 aliphatic rings. The number of aliphatic carboxylic acids is 1. The van der Waals surface area contributed by atoms with Gasteiger partial charge in [0, 0.05) is 0 Å². The van der Waals surface area contributed by atoms with Gasteiger partial charge in [0.15, 0.2) is 0 Å². The van der Waals surface area contributed by atoms with Crippen LogP contribution in [0.15, 0.2) is 14.4 Å². The number of carbonyl (C=O) groups excluding carboxylic acids is 2. The molecule has 3 atom stereocenters. The maximum atomic E-state index is 12.6. The van der Waals surface area contributed by atoms with Crippen molar-refractivity contribution in [1.29, 1.82) is 0 Å². The molecule has 144 valence electrons. The zero-order chi connectivity index (χ0) is 20.3. The minimum atomic E-state index is -1.66. The molecule has 1 N–H and O–H groups in total. The van der Waals surface area contributed by atoms with Crippen molar-refractivity contribution in [2.75, 3.05) is 14.2 Å². The van der Waals surface area contributed by atoms with Crippen molar-refractivity contribution in [2.45, 2.75) is 38.9 Å². The predicted molar refractivity (Wildman–Crippen MR) is 85.0 cm³/mol. The van der Waals surface area contributed by atoms with Crippen LogP contribution >= 0.6 is 0 Å². The van der Waals surface area contributed by atoms with E-state index in [0.717, 1.165) is 35.0 Å². The topological polar surface area (TPSA) is 156 Å². The van der Waals surface area contributed by atoms with Crippen LogP contribution in [0.5, 0.6) is 0 Å². The lowest BCUT2D eigenvalue weighted by Crippen LogP contribution is -2.58. The summed E-state index contributed by atoms with van der Waals surface area (Å²) in [7, 11) is 2.05. The molecule has 0 aromatic carbocycles. The van der Waals surface area contributed by atoms with Gasteiger partial charge >= 0.3 is 35.0 Å². The van der Waals surface area contributed by atoms with E-state index < -0.39 is 53.1 Å². The van der Waals surface area contributed by atoms with Crippen molar-refractivity contribution in [2.24, 2.45) is 0 Å². The van der Waals surface area contributed by atoms with Crippen LogP contribution in [0.1, 0.15) is 38.9 Å². The number of carboxylic acid groups (broad SMARTS) is 1. The Morgan fingerprint density at radius 3 is 1.23 bits per heavy atom. The molecule has 1 rings (SSSR count). The molecule has 0 saturated carbocycles. The highest BCUT2D eigenvalue weighted by molar-refractivity contribution is 5.74. The molecule has 26 heavy (non-hydrogen) atoms. The van der Waals surface area contributed by atoms with Gasteiger partial charge < -0.3 is 14.6 Å². The van der Waals surface area contributed by atoms with E-state index in [1.165, 1.54) is 0 Å². The second-order valence-corrected chi connectivity index (χ2v) is 5.37. The Labute approximate surface area is 146 Å². The van der Waals surface area contributed by atoms with Crippen LogP contribution in [0.2, 0.25) is 0 Å². The number of esters is 2. The molecule has 1 aromatic rings. The van der Waals surface area contributed by atoms with Crippen molar-refractivity contribution in [3.05, 3.63) is 31.5 Å². The lowest BCUT2D eigenvalue weighted by Gasteiger charge is -2.20. The van der Waals surface area contributed by atoms with Gasteiger partial charge in [-0.2, -0.15) is 0 Å². The van der Waals surface area contributed by atoms with Crippen LogP contribution in [-0.2, 0) is 23.9 Å². The molecule has 3 unspecified atom stereocenters. The van der Waals surface area contributed by atoms with Gasteiger partial charge in [-0.05, 0) is 20.8 Å². The third-order valence-corrected chi connectivity index (χ3v) is 3.84. The van der Waals surface area contributed by atoms with Gasteiger partial charge in [-0.15, -0.1) is 0 Å². The third-order valence-electron chi connectivity index (χ3n) is 3.84. The smallest absolute Gasteiger partial charge is 0.337 e. The van der Waals surface area contributed by atoms with Crippen LogP contribution in [0.3, 0.4) is 0 Å². The first-order valence-corrected chi connectivity index (χ1v) is 7.39. The highest BCUT2D eigenvalue weighted by Crippen LogP contribution is 2.06. The van der Waals surface area contributed by atoms with E-state index in [2.05, 4.69) is 9.47 Å². The fraction of sp³-hybridized carbons (Fsp3) is 0.571. The molecular weight excluding hydrogens is 354 g/mol. The number of methoxy groups -OCH3 is 2. The molecule has 0 aliphatic heterocycles. The first-order valence-electron chi connectivity index (χ1n) is 7.39. The minimum absolute atomic E-state index is 0.266. The first-order chi connectivity index (χ1) is 12.0. The predicted octanol–water partition coefficient (Wildman–Crippen LogP) is -1.71. The summed E-state index contributed by atoms with van der Waals surface area (Å²) in [5.74, 6) is -3.48. The molecule has 0 aliphatic carbocycles. The standard InChI is InChI=1S/C14H19N3O9/c1-6(9(18)19)15-12(22)16(7(2)10(20)25-4)14(24)17(13(15)23)8(3)11(21)26-5/h6-8H,1-5H3,(H,18,19). The largest absolute Gasteiger partial charge is 0.480 e. The Morgan fingerprint density at radius 1 is 0.731 bits per heavy atom. The van der Waals surface area contributed by atoms with E-state index in [0.29, 0.717) is 9.13 Å². The maximum absolute atomic E-state index is 12.6. The fourth-order valence-electron chi connectivity index (χ4n) is 2.25. The summed E-state index contributed by atoms with van der Waals surface area (Å²) >= 11 is 0. The first kappa shape index (κ1) is 20.9. The van der Waals surface area contributed by atoms with E-state index >= 15 is 0 Å². The third kappa shape index (κ3) is 3.43. The monoisotopic (exact) mass is 373 g/mol. The van der Waals surface area contributed by atoms with E-state index in [1.807, 2.05) is 0 Å². The second kappa shape index (κ2) is 7.80. The molecule has 0 radical (unpaired) electrons. The zero-order valence-corrected chi connectivity index (χ0v) is 14.8. The zero-order valence-electron chi connectivity index (χ0n) is 14.8. The normalized spacial score (nSPS) is 14.2. The van der Waals surface area contributed by atoms with Crippen molar-refractivity contribution in [3.8, 4) is 0 Å². The average molecular weight is 373 g/mol. The molecule has 12 heteroatoms. The number of carboxylic acids is 1. The summed E-state index contributed by atoms with van der Waals surface area (Å²) in [5.41, 5.74) is -3.91. The molecule has 0 saturated heterocycles. The highest BCUT2D eigenvalue weighted by Gasteiger charge is 2.31. The van der Waals surface area contributed by atoms with E-state index in [9.17, 15) is 28.8 Å². The highest BCUT2D eigenvalue weighted by atomic mass is 16.5. The van der Waals surface area contributed by atoms with Gasteiger partial charge in [-0.3, -0.25) is 0 Å². The Kier molecular flexibility index (Phi) is 6.26. The van der Waals surface area contributed by atoms with Gasteiger partial charge in [-0.25, -0.2) is 42.5 Å². The summed E-state index contributed by atoms with van der Waals surface area (Å²) in [5, 5.41) is 9.14. The van der Waals surface area contributed by atoms with Gasteiger partial charge in [0.05, 0.1) is 14.2 Å². The maximum Gasteiger partial charge on any atom is 0.337 e. The molecule has 0 bridgehead atoms. The van der Waals surface area contributed by atoms with Crippen molar-refractivity contribution in [3.63, 3.8) is 0 Å². The number of aromatic nitrogens is 3. The van der Waals surface area contributed by atoms with Gasteiger partial charge in [0.1, 0.15) is 18.1 Å². The van der Waals surface area contributed by atoms with E-state index in [-0.39, 0.29) is 4.57 Å². The number of rotatable bonds is 6. The Hall–Kier alpha value is -3.18. The molecule has 0 spiro atoms. The SMILES string of the molecule is COC(=O)C(C)n1c(=O)n(C(C)C(=O)O)c(=O)n(C(C)C(=O)OC)c1=O. The van der Waals surface area contributed by atoms with Crippen LogP contribution in [0, 0.1) is 0 Å². The molecule has 1 heterocycles. The molecule has 1 aromatic heterocycles.